The van der Waals surface area contributed by atoms with Crippen molar-refractivity contribution in [2.24, 2.45) is 11.5 Å². The SMILES string of the molecule is CCCCCCCCCCCC(=O)N[C@H](C(=O)NCC(=O)N[C@@H](C)C(=O)NC1COC(=O)[C@H](CCC(N)=O)NC(=O)[C@H](CCC(N)=O)NC(=O)C(Cc2cnc[nH]2)NC1=O)[C@@H](C)O. The maximum absolute atomic E-state index is 13.7. The lowest BCUT2D eigenvalue weighted by atomic mass is 10.1. The van der Waals surface area contributed by atoms with E-state index in [4.69, 9.17) is 16.2 Å². The molecule has 63 heavy (non-hydrogen) atoms. The molecule has 2 heterocycles. The molecule has 0 saturated carbocycles. The average Bonchev–Trinajstić information content (AvgIpc) is 3.74. The number of amides is 9. The molecule has 0 aromatic carbocycles. The van der Waals surface area contributed by atoms with Crippen LogP contribution in [-0.2, 0) is 59.1 Å². The van der Waals surface area contributed by atoms with Gasteiger partial charge in [0.1, 0.15) is 42.9 Å². The van der Waals surface area contributed by atoms with Crippen molar-refractivity contribution in [3.8, 4) is 0 Å². The van der Waals surface area contributed by atoms with Crippen molar-refractivity contribution in [3.05, 3.63) is 18.2 Å². The molecule has 7 atom stereocenters. The van der Waals surface area contributed by atoms with Gasteiger partial charge in [-0.3, -0.25) is 43.2 Å². The number of nitrogens with two attached hydrogens (primary N) is 2. The first kappa shape index (κ1) is 53.0. The third-order valence-corrected chi connectivity index (χ3v) is 10.0. The Hall–Kier alpha value is -6.13. The molecule has 0 radical (unpaired) electrons. The van der Waals surface area contributed by atoms with Crippen LogP contribution in [0.1, 0.15) is 116 Å². The Morgan fingerprint density at radius 3 is 1.92 bits per heavy atom. The number of aliphatic hydroxyl groups excluding tert-OH is 1. The van der Waals surface area contributed by atoms with Crippen molar-refractivity contribution < 1.29 is 57.8 Å². The van der Waals surface area contributed by atoms with E-state index in [-0.39, 0.29) is 32.1 Å². The summed E-state index contributed by atoms with van der Waals surface area (Å²) in [5, 5.41) is 27.0. The third kappa shape index (κ3) is 21.0. The highest BCUT2D eigenvalue weighted by Crippen LogP contribution is 2.11. The Bertz CT molecular complexity index is 1710. The van der Waals surface area contributed by atoms with E-state index in [1.54, 1.807) is 0 Å². The van der Waals surface area contributed by atoms with Crippen molar-refractivity contribution in [1.82, 2.24) is 47.2 Å². The number of cyclic esters (lactones) is 1. The van der Waals surface area contributed by atoms with Crippen LogP contribution in [0.25, 0.3) is 0 Å². The second-order valence-corrected chi connectivity index (χ2v) is 15.5. The molecule has 0 spiro atoms. The fourth-order valence-corrected chi connectivity index (χ4v) is 6.36. The molecule has 1 saturated heterocycles. The molecular formula is C40H65N11O12. The number of carbonyl (C=O) groups excluding carboxylic acids is 10. The van der Waals surface area contributed by atoms with E-state index in [1.165, 1.54) is 52.1 Å². The summed E-state index contributed by atoms with van der Waals surface area (Å²) in [6.45, 7) is 3.19. The van der Waals surface area contributed by atoms with E-state index >= 15 is 0 Å². The summed E-state index contributed by atoms with van der Waals surface area (Å²) < 4.78 is 5.32. The molecule has 1 fully saturated rings. The number of aromatic amines is 1. The van der Waals surface area contributed by atoms with Crippen LogP contribution in [0.4, 0.5) is 0 Å². The smallest absolute Gasteiger partial charge is 0.328 e. The standard InChI is InChI=1S/C40H65N11O12/c1-4-5-6-7-8-9-10-11-12-13-32(55)51-34(24(3)52)39(61)44-20-33(56)46-23(2)35(57)50-29-21-63-40(62)27(15-17-31(42)54)48-36(58)26(14-16-30(41)53)47-37(59)28(49-38(29)60)18-25-19-43-22-45-25/h19,22-24,26-29,34,52H,4-18,20-21H2,1-3H3,(H2,41,53)(H2,42,54)(H,43,45)(H,44,61)(H,46,56)(H,47,59)(H,48,58)(H,49,60)(H,50,57)(H,51,55)/t23-,24+,26-,27-,28?,29?,34-/m0/s1. The predicted molar refractivity (Wildman–Crippen MR) is 224 cm³/mol. The first-order valence-electron chi connectivity index (χ1n) is 21.4. The molecule has 1 aliphatic rings. The fraction of sp³-hybridized carbons (Fsp3) is 0.675. The zero-order valence-corrected chi connectivity index (χ0v) is 36.3. The summed E-state index contributed by atoms with van der Waals surface area (Å²) in [5.74, 6) is -8.77. The Balaban J connectivity index is 2.12. The lowest BCUT2D eigenvalue weighted by molar-refractivity contribution is -0.150. The van der Waals surface area contributed by atoms with Crippen LogP contribution in [0.5, 0.6) is 0 Å². The molecule has 1 aliphatic heterocycles. The van der Waals surface area contributed by atoms with Gasteiger partial charge in [0.25, 0.3) is 0 Å². The maximum atomic E-state index is 13.7. The molecule has 1 aromatic rings. The zero-order chi connectivity index (χ0) is 46.9. The molecular weight excluding hydrogens is 827 g/mol. The van der Waals surface area contributed by atoms with Gasteiger partial charge < -0.3 is 63.5 Å². The van der Waals surface area contributed by atoms with Gasteiger partial charge in [0, 0.05) is 37.6 Å². The van der Waals surface area contributed by atoms with Crippen LogP contribution in [0.2, 0.25) is 0 Å². The van der Waals surface area contributed by atoms with Crippen molar-refractivity contribution in [1.29, 1.82) is 0 Å². The van der Waals surface area contributed by atoms with Gasteiger partial charge in [-0.05, 0) is 33.1 Å². The molecule has 2 unspecified atom stereocenters. The quantitative estimate of drug-likeness (QED) is 0.0336. The number of aliphatic hydroxyl groups is 1. The van der Waals surface area contributed by atoms with Crippen molar-refractivity contribution in [3.63, 3.8) is 0 Å². The van der Waals surface area contributed by atoms with Gasteiger partial charge in [-0.15, -0.1) is 0 Å². The topological polar surface area (TPSA) is 365 Å². The molecule has 0 aliphatic carbocycles. The first-order valence-corrected chi connectivity index (χ1v) is 21.4. The van der Waals surface area contributed by atoms with Crippen molar-refractivity contribution >= 4 is 59.1 Å². The number of H-pyrrole nitrogens is 1. The number of aromatic nitrogens is 2. The van der Waals surface area contributed by atoms with Gasteiger partial charge in [0.05, 0.1) is 19.0 Å². The molecule has 1 aromatic heterocycles. The number of hydrogen-bond acceptors (Lipinski definition) is 13. The van der Waals surface area contributed by atoms with Crippen LogP contribution in [0.3, 0.4) is 0 Å². The second kappa shape index (κ2) is 28.5. The van der Waals surface area contributed by atoms with E-state index in [2.05, 4.69) is 54.1 Å². The summed E-state index contributed by atoms with van der Waals surface area (Å²) >= 11 is 0. The summed E-state index contributed by atoms with van der Waals surface area (Å²) in [6, 6.07) is -8.86. The number of ether oxygens (including phenoxy) is 1. The number of imidazole rings is 1. The number of esters is 1. The van der Waals surface area contributed by atoms with Crippen LogP contribution in [0, 0.1) is 0 Å². The van der Waals surface area contributed by atoms with E-state index in [9.17, 15) is 53.1 Å². The Morgan fingerprint density at radius 1 is 0.762 bits per heavy atom. The largest absolute Gasteiger partial charge is 0.461 e. The minimum absolute atomic E-state index is 0.154. The zero-order valence-electron chi connectivity index (χ0n) is 36.3. The predicted octanol–water partition coefficient (Wildman–Crippen LogP) is -2.61. The maximum Gasteiger partial charge on any atom is 0.328 e. The van der Waals surface area contributed by atoms with Crippen molar-refractivity contribution in [2.75, 3.05) is 13.2 Å². The lowest BCUT2D eigenvalue weighted by Gasteiger charge is -2.25. The molecule has 352 valence electrons. The molecule has 23 heteroatoms. The van der Waals surface area contributed by atoms with Gasteiger partial charge in [-0.2, -0.15) is 0 Å². The average molecular weight is 892 g/mol. The minimum atomic E-state index is -1.71. The van der Waals surface area contributed by atoms with Gasteiger partial charge in [-0.25, -0.2) is 9.78 Å². The van der Waals surface area contributed by atoms with Gasteiger partial charge in [-0.1, -0.05) is 58.3 Å². The van der Waals surface area contributed by atoms with Crippen molar-refractivity contribution in [2.45, 2.75) is 159 Å². The lowest BCUT2D eigenvalue weighted by Crippen LogP contribution is -2.59. The van der Waals surface area contributed by atoms with Gasteiger partial charge in [0.15, 0.2) is 0 Å². The highest BCUT2D eigenvalue weighted by atomic mass is 16.5. The number of primary amides is 2. The summed E-state index contributed by atoms with van der Waals surface area (Å²) in [7, 11) is 0. The second-order valence-electron chi connectivity index (χ2n) is 15.5. The van der Waals surface area contributed by atoms with E-state index in [0.29, 0.717) is 12.1 Å². The molecule has 9 amide bonds. The van der Waals surface area contributed by atoms with Crippen LogP contribution in [-0.4, -0.2) is 130 Å². The summed E-state index contributed by atoms with van der Waals surface area (Å²) in [6.07, 6.45) is 9.40. The Morgan fingerprint density at radius 2 is 1.33 bits per heavy atom. The first-order chi connectivity index (χ1) is 29.9. The number of rotatable bonds is 26. The third-order valence-electron chi connectivity index (χ3n) is 10.0. The number of nitrogens with one attached hydrogen (secondary N) is 8. The highest BCUT2D eigenvalue weighted by molar-refractivity contribution is 5.97. The number of unbranched alkanes of at least 4 members (excludes halogenated alkanes) is 8. The number of nitrogens with zero attached hydrogens (tertiary/aromatic N) is 1. The van der Waals surface area contributed by atoms with E-state index in [0.717, 1.165) is 25.7 Å². The molecule has 0 bridgehead atoms. The Labute approximate surface area is 365 Å². The van der Waals surface area contributed by atoms with E-state index < -0.39 is 121 Å². The van der Waals surface area contributed by atoms with E-state index in [1.807, 2.05) is 0 Å². The van der Waals surface area contributed by atoms with Crippen LogP contribution < -0.4 is 48.7 Å². The summed E-state index contributed by atoms with van der Waals surface area (Å²) in [4.78, 5) is 135. The van der Waals surface area contributed by atoms with Gasteiger partial charge >= 0.3 is 5.97 Å². The van der Waals surface area contributed by atoms with Gasteiger partial charge in [0.2, 0.25) is 53.2 Å². The normalized spacial score (nSPS) is 19.7. The molecule has 13 N–H and O–H groups in total. The fourth-order valence-electron chi connectivity index (χ4n) is 6.36. The molecule has 2 rings (SSSR count). The molecule has 23 nitrogen and oxygen atoms in total. The minimum Gasteiger partial charge on any atom is -0.461 e. The highest BCUT2D eigenvalue weighted by Gasteiger charge is 2.35. The monoisotopic (exact) mass is 891 g/mol. The summed E-state index contributed by atoms with van der Waals surface area (Å²) in [5.41, 5.74) is 10.9. The number of carbonyl (C=O) groups is 10. The van der Waals surface area contributed by atoms with Crippen LogP contribution in [0.15, 0.2) is 12.5 Å². The Kier molecular flexibility index (Phi) is 24.0. The van der Waals surface area contributed by atoms with Crippen LogP contribution >= 0.6 is 0 Å². The number of hydrogen-bond donors (Lipinski definition) is 11.